The predicted molar refractivity (Wildman–Crippen MR) is 97.6 cm³/mol. The van der Waals surface area contributed by atoms with Gasteiger partial charge in [0.1, 0.15) is 11.6 Å². The number of rotatable bonds is 3. The summed E-state index contributed by atoms with van der Waals surface area (Å²) in [6, 6.07) is 17.1. The molecule has 1 aliphatic heterocycles. The van der Waals surface area contributed by atoms with Gasteiger partial charge in [-0.05, 0) is 53.1 Å². The molecule has 1 aromatic heterocycles. The van der Waals surface area contributed by atoms with Crippen molar-refractivity contribution in [3.8, 4) is 0 Å². The molecule has 0 saturated carbocycles. The van der Waals surface area contributed by atoms with Gasteiger partial charge in [-0.2, -0.15) is 14.0 Å². The van der Waals surface area contributed by atoms with Crippen LogP contribution in [0.5, 0.6) is 0 Å². The van der Waals surface area contributed by atoms with Gasteiger partial charge in [0.25, 0.3) is 0 Å². The van der Waals surface area contributed by atoms with Crippen LogP contribution in [0.1, 0.15) is 29.7 Å². The molecule has 8 nitrogen and oxygen atoms in total. The van der Waals surface area contributed by atoms with Crippen LogP contribution in [-0.2, 0) is 4.74 Å². The Morgan fingerprint density at radius 2 is 1.80 bits per heavy atom. The highest BCUT2D eigenvalue weighted by Gasteiger charge is 2.29. The topological polar surface area (TPSA) is 123 Å². The molecule has 1 unspecified atom stereocenters. The second kappa shape index (κ2) is 6.61. The molecular formula is C21H14ClNO7. The molecule has 1 aliphatic rings. The fourth-order valence-corrected chi connectivity index (χ4v) is 4.00. The molecule has 1 atom stereocenters. The maximum atomic E-state index is 12.0. The van der Waals surface area contributed by atoms with E-state index in [0.29, 0.717) is 16.1 Å². The highest BCUT2D eigenvalue weighted by molar-refractivity contribution is 5.84. The van der Waals surface area contributed by atoms with Gasteiger partial charge in [0.05, 0.1) is 10.1 Å². The lowest BCUT2D eigenvalue weighted by atomic mass is 9.92. The number of halogens is 1. The van der Waals surface area contributed by atoms with Crippen LogP contribution in [0.25, 0.3) is 27.9 Å². The molecule has 0 N–H and O–H groups in total. The Labute approximate surface area is 171 Å². The van der Waals surface area contributed by atoms with Crippen molar-refractivity contribution < 1.29 is 37.8 Å². The Morgan fingerprint density at radius 3 is 2.57 bits per heavy atom. The lowest BCUT2D eigenvalue weighted by Crippen LogP contribution is -2.66. The number of benzene rings is 3. The molecule has 3 aromatic carbocycles. The predicted octanol–water partition coefficient (Wildman–Crippen LogP) is 0.554. The van der Waals surface area contributed by atoms with E-state index in [0.717, 1.165) is 21.9 Å². The minimum atomic E-state index is -4.86. The van der Waals surface area contributed by atoms with E-state index in [1.165, 1.54) is 6.07 Å². The smallest absolute Gasteiger partial charge is 0.465 e. The van der Waals surface area contributed by atoms with Gasteiger partial charge >= 0.3 is 5.76 Å². The van der Waals surface area contributed by atoms with E-state index in [4.69, 9.17) is 9.15 Å². The van der Waals surface area contributed by atoms with Crippen LogP contribution in [0.2, 0.25) is 0 Å². The van der Waals surface area contributed by atoms with Gasteiger partial charge < -0.3 is 9.15 Å². The van der Waals surface area contributed by atoms with Crippen molar-refractivity contribution in [2.24, 2.45) is 0 Å². The van der Waals surface area contributed by atoms with E-state index in [9.17, 15) is 18.8 Å². The monoisotopic (exact) mass is 427 g/mol. The number of ether oxygens (including phenoxy) is 1. The highest BCUT2D eigenvalue weighted by Crippen LogP contribution is 2.38. The van der Waals surface area contributed by atoms with Gasteiger partial charge in [0.15, 0.2) is 15.8 Å². The molecule has 0 aliphatic carbocycles. The highest BCUT2D eigenvalue weighted by atomic mass is 35.7. The quantitative estimate of drug-likeness (QED) is 0.468. The van der Waals surface area contributed by atoms with Gasteiger partial charge in [-0.3, -0.25) is 0 Å². The molecule has 0 radical (unpaired) electrons. The summed E-state index contributed by atoms with van der Waals surface area (Å²) in [6.07, 6.45) is 1.28. The van der Waals surface area contributed by atoms with E-state index in [2.05, 4.69) is 4.39 Å². The summed E-state index contributed by atoms with van der Waals surface area (Å²) < 4.78 is 48.5. The molecule has 30 heavy (non-hydrogen) atoms. The third-order valence-corrected chi connectivity index (χ3v) is 5.23. The Balaban J connectivity index is 1.67. The van der Waals surface area contributed by atoms with E-state index < -0.39 is 22.1 Å². The summed E-state index contributed by atoms with van der Waals surface area (Å²) in [6.45, 7) is 1.79. The number of nitrogens with zero attached hydrogens (tertiary/aromatic N) is 1. The Morgan fingerprint density at radius 1 is 1.03 bits per heavy atom. The third kappa shape index (κ3) is 3.21. The molecule has 5 rings (SSSR count). The van der Waals surface area contributed by atoms with Crippen LogP contribution in [0.15, 0.2) is 69.6 Å². The molecule has 2 heterocycles. The van der Waals surface area contributed by atoms with E-state index in [1.54, 1.807) is 19.1 Å². The first-order valence-electron chi connectivity index (χ1n) is 8.92. The first-order chi connectivity index (χ1) is 14.3. The summed E-state index contributed by atoms with van der Waals surface area (Å²) in [4.78, 5) is 12.0. The summed E-state index contributed by atoms with van der Waals surface area (Å²) >= 11 is 0. The number of fused-ring (bicyclic) bond motifs is 3. The molecule has 0 amide bonds. The van der Waals surface area contributed by atoms with E-state index in [-0.39, 0.29) is 11.1 Å². The minimum Gasteiger partial charge on any atom is -0.486 e. The number of hydrogen-bond acceptors (Lipinski definition) is 7. The van der Waals surface area contributed by atoms with Crippen LogP contribution in [-0.4, -0.2) is 4.73 Å². The van der Waals surface area contributed by atoms with Crippen LogP contribution in [0, 0.1) is 10.2 Å². The Hall–Kier alpha value is -3.30. The van der Waals surface area contributed by atoms with Crippen molar-refractivity contribution in [1.82, 2.24) is 4.73 Å². The van der Waals surface area contributed by atoms with Crippen molar-refractivity contribution in [3.63, 3.8) is 0 Å². The summed E-state index contributed by atoms with van der Waals surface area (Å²) in [5.74, 6) is -0.490. The molecule has 9 heteroatoms. The lowest BCUT2D eigenvalue weighted by molar-refractivity contribution is -1.92. The fourth-order valence-electron chi connectivity index (χ4n) is 3.70. The number of allylic oxidation sites excluding steroid dienone is 1. The first kappa shape index (κ1) is 18.7. The van der Waals surface area contributed by atoms with Crippen LogP contribution >= 0.6 is 0 Å². The van der Waals surface area contributed by atoms with Crippen LogP contribution < -0.4 is 24.1 Å². The zero-order chi connectivity index (χ0) is 21.0. The van der Waals surface area contributed by atoms with Crippen molar-refractivity contribution in [2.45, 2.75) is 13.0 Å². The second-order valence-electron chi connectivity index (χ2n) is 6.92. The summed E-state index contributed by atoms with van der Waals surface area (Å²) in [7, 11) is -4.86. The molecular weight excluding hydrogens is 414 g/mol. The Bertz CT molecular complexity index is 1380. The van der Waals surface area contributed by atoms with E-state index >= 15 is 0 Å². The SMILES string of the molecule is CC1=Cc2cc3c(cc2C(c2ccc4ccccc4c2)O1)oc(=O)n3O[Cl+3]([O-])([O-])[O-]. The molecule has 152 valence electrons. The van der Waals surface area contributed by atoms with Crippen LogP contribution in [0.3, 0.4) is 0 Å². The molecule has 0 spiro atoms. The fraction of sp³-hybridized carbons (Fsp3) is 0.0952. The zero-order valence-corrected chi connectivity index (χ0v) is 16.3. The summed E-state index contributed by atoms with van der Waals surface area (Å²) in [5.41, 5.74) is 2.41. The van der Waals surface area contributed by atoms with Crippen molar-refractivity contribution in [1.29, 1.82) is 0 Å². The van der Waals surface area contributed by atoms with Gasteiger partial charge in [-0.25, -0.2) is 4.79 Å². The maximum absolute atomic E-state index is 12.0. The largest absolute Gasteiger partial charge is 0.486 e. The van der Waals surface area contributed by atoms with Gasteiger partial charge in [0.2, 0.25) is 0 Å². The zero-order valence-electron chi connectivity index (χ0n) is 15.5. The average Bonchev–Trinajstić information content (AvgIpc) is 2.98. The molecule has 0 bridgehead atoms. The first-order valence-corrected chi connectivity index (χ1v) is 10.2. The Kier molecular flexibility index (Phi) is 4.12. The molecule has 4 aromatic rings. The number of hydrogen-bond donors (Lipinski definition) is 0. The standard InChI is InChI=1S/C21H14ClNO7/c1-12-8-16-10-18-19(29-21(24)23(18)30-22(25,26)27)11-17(16)20(28-12)15-7-6-13-4-2-3-5-14(13)9-15/h2-11,20H,1H3. The van der Waals surface area contributed by atoms with Crippen molar-refractivity contribution in [2.75, 3.05) is 0 Å². The minimum absolute atomic E-state index is 0.0221. The van der Waals surface area contributed by atoms with Gasteiger partial charge in [-0.15, -0.1) is 0 Å². The normalized spacial score (nSPS) is 16.3. The average molecular weight is 428 g/mol. The van der Waals surface area contributed by atoms with Crippen molar-refractivity contribution >= 4 is 27.9 Å². The van der Waals surface area contributed by atoms with Crippen molar-refractivity contribution in [3.05, 3.63) is 87.6 Å². The molecule has 0 fully saturated rings. The van der Waals surface area contributed by atoms with E-state index in [1.807, 2.05) is 42.5 Å². The third-order valence-electron chi connectivity index (χ3n) is 4.92. The lowest BCUT2D eigenvalue weighted by Gasteiger charge is -2.26. The maximum Gasteiger partial charge on any atom is 0.465 e. The van der Waals surface area contributed by atoms with Gasteiger partial charge in [-0.1, -0.05) is 36.4 Å². The number of aromatic nitrogens is 1. The summed E-state index contributed by atoms with van der Waals surface area (Å²) in [5, 5.41) is 2.15. The van der Waals surface area contributed by atoms with Crippen LogP contribution in [0.4, 0.5) is 0 Å². The molecule has 0 saturated heterocycles. The number of oxazole rings is 1. The van der Waals surface area contributed by atoms with Gasteiger partial charge in [0, 0.05) is 10.3 Å². The second-order valence-corrected chi connectivity index (χ2v) is 7.81.